The molecule has 0 aliphatic heterocycles. The van der Waals surface area contributed by atoms with E-state index in [1.165, 1.54) is 0 Å². The minimum Gasteiger partial charge on any atom is -0.308 e. The Kier molecular flexibility index (Phi) is 6.11. The van der Waals surface area contributed by atoms with E-state index >= 15 is 0 Å². The molecule has 0 radical (unpaired) electrons. The van der Waals surface area contributed by atoms with Crippen molar-refractivity contribution in [3.8, 4) is 0 Å². The van der Waals surface area contributed by atoms with Crippen LogP contribution in [0.25, 0.3) is 0 Å². The number of hydrogen-bond acceptors (Lipinski definition) is 2. The molecule has 0 fully saturated rings. The van der Waals surface area contributed by atoms with E-state index in [1.807, 2.05) is 55.5 Å². The van der Waals surface area contributed by atoms with Crippen LogP contribution >= 0.6 is 15.9 Å². The van der Waals surface area contributed by atoms with E-state index in [1.54, 1.807) is 12.1 Å². The van der Waals surface area contributed by atoms with Crippen LogP contribution in [-0.2, 0) is 0 Å². The second-order valence-corrected chi connectivity index (χ2v) is 5.71. The first-order valence-electron chi connectivity index (χ1n) is 7.28. The lowest BCUT2D eigenvalue weighted by atomic mass is 10.1. The van der Waals surface area contributed by atoms with Crippen molar-refractivity contribution in [3.05, 3.63) is 70.7 Å². The van der Waals surface area contributed by atoms with Gasteiger partial charge >= 0.3 is 6.03 Å². The monoisotopic (exact) mass is 371 g/mol. The predicted octanol–water partition coefficient (Wildman–Crippen LogP) is 5.39. The molecule has 0 saturated carbocycles. The summed E-state index contributed by atoms with van der Waals surface area (Å²) >= 11 is 3.39. The van der Waals surface area contributed by atoms with E-state index in [9.17, 15) is 4.79 Å². The van der Waals surface area contributed by atoms with E-state index in [0.29, 0.717) is 11.4 Å². The van der Waals surface area contributed by atoms with Gasteiger partial charge in [-0.3, -0.25) is 5.41 Å². The van der Waals surface area contributed by atoms with Gasteiger partial charge in [0, 0.05) is 21.4 Å². The number of carbonyl (C=O) groups excluding carboxylic acids is 1. The SMILES string of the molecule is CC/C=C(/Br)C(=N)c1ccc(NC(=O)Nc2ccccc2)cc1. The Morgan fingerprint density at radius 3 is 2.17 bits per heavy atom. The fourth-order valence-corrected chi connectivity index (χ4v) is 2.51. The summed E-state index contributed by atoms with van der Waals surface area (Å²) in [6.07, 6.45) is 2.81. The van der Waals surface area contributed by atoms with Gasteiger partial charge in [0.15, 0.2) is 0 Å². The van der Waals surface area contributed by atoms with Crippen LogP contribution in [0.5, 0.6) is 0 Å². The Balaban J connectivity index is 1.98. The lowest BCUT2D eigenvalue weighted by Gasteiger charge is -2.09. The van der Waals surface area contributed by atoms with Crippen LogP contribution in [0.4, 0.5) is 16.2 Å². The van der Waals surface area contributed by atoms with Gasteiger partial charge in [0.2, 0.25) is 0 Å². The number of anilines is 2. The zero-order valence-corrected chi connectivity index (χ0v) is 14.4. The quantitative estimate of drug-likeness (QED) is 0.606. The second-order valence-electron chi connectivity index (χ2n) is 4.86. The molecule has 0 aliphatic rings. The van der Waals surface area contributed by atoms with Crippen LogP contribution in [0.15, 0.2) is 65.2 Å². The summed E-state index contributed by atoms with van der Waals surface area (Å²) < 4.78 is 0.766. The maximum absolute atomic E-state index is 11.9. The Labute approximate surface area is 144 Å². The van der Waals surface area contributed by atoms with Crippen molar-refractivity contribution >= 4 is 39.0 Å². The Morgan fingerprint density at radius 1 is 1.04 bits per heavy atom. The molecule has 0 aliphatic carbocycles. The number of hydrogen-bond donors (Lipinski definition) is 3. The molecule has 3 N–H and O–H groups in total. The minimum atomic E-state index is -0.300. The third kappa shape index (κ3) is 5.07. The predicted molar refractivity (Wildman–Crippen MR) is 99.7 cm³/mol. The molecule has 0 atom stereocenters. The molecule has 0 spiro atoms. The van der Waals surface area contributed by atoms with Crippen LogP contribution in [0.3, 0.4) is 0 Å². The van der Waals surface area contributed by atoms with E-state index in [-0.39, 0.29) is 6.03 Å². The molecule has 118 valence electrons. The van der Waals surface area contributed by atoms with Gasteiger partial charge in [0.05, 0.1) is 5.71 Å². The highest BCUT2D eigenvalue weighted by Crippen LogP contribution is 2.17. The molecule has 0 heterocycles. The molecule has 0 aromatic heterocycles. The van der Waals surface area contributed by atoms with Crippen molar-refractivity contribution in [2.75, 3.05) is 10.6 Å². The first-order chi connectivity index (χ1) is 11.1. The van der Waals surface area contributed by atoms with E-state index in [2.05, 4.69) is 26.6 Å². The third-order valence-corrected chi connectivity index (χ3v) is 3.81. The lowest BCUT2D eigenvalue weighted by molar-refractivity contribution is 0.262. The number of carbonyl (C=O) groups is 1. The smallest absolute Gasteiger partial charge is 0.308 e. The van der Waals surface area contributed by atoms with Gasteiger partial charge in [-0.05, 0) is 46.6 Å². The highest BCUT2D eigenvalue weighted by Gasteiger charge is 2.06. The van der Waals surface area contributed by atoms with Gasteiger partial charge in [-0.25, -0.2) is 4.79 Å². The van der Waals surface area contributed by atoms with Crippen LogP contribution in [0, 0.1) is 5.41 Å². The summed E-state index contributed by atoms with van der Waals surface area (Å²) in [6.45, 7) is 2.02. The average Bonchev–Trinajstić information content (AvgIpc) is 2.56. The molecule has 5 heteroatoms. The number of halogens is 1. The molecule has 2 amide bonds. The van der Waals surface area contributed by atoms with Gasteiger partial charge in [0.1, 0.15) is 0 Å². The van der Waals surface area contributed by atoms with Gasteiger partial charge in [-0.1, -0.05) is 43.3 Å². The first-order valence-corrected chi connectivity index (χ1v) is 8.07. The number of para-hydroxylation sites is 1. The van der Waals surface area contributed by atoms with Crippen molar-refractivity contribution in [2.45, 2.75) is 13.3 Å². The molecule has 4 nitrogen and oxygen atoms in total. The molecular weight excluding hydrogens is 354 g/mol. The average molecular weight is 372 g/mol. The summed E-state index contributed by atoms with van der Waals surface area (Å²) in [7, 11) is 0. The number of rotatable bonds is 5. The van der Waals surface area contributed by atoms with Crippen molar-refractivity contribution in [2.24, 2.45) is 0 Å². The second kappa shape index (κ2) is 8.29. The molecule has 23 heavy (non-hydrogen) atoms. The summed E-state index contributed by atoms with van der Waals surface area (Å²) in [6, 6.07) is 16.1. The van der Waals surface area contributed by atoms with Gasteiger partial charge in [-0.15, -0.1) is 0 Å². The largest absolute Gasteiger partial charge is 0.323 e. The molecular formula is C18H18BrN3O. The normalized spacial score (nSPS) is 11.0. The fourth-order valence-electron chi connectivity index (χ4n) is 1.95. The number of nitrogens with one attached hydrogen (secondary N) is 3. The molecule has 0 bridgehead atoms. The van der Waals surface area contributed by atoms with Gasteiger partial charge < -0.3 is 10.6 Å². The van der Waals surface area contributed by atoms with Crippen LogP contribution < -0.4 is 10.6 Å². The third-order valence-electron chi connectivity index (χ3n) is 3.09. The van der Waals surface area contributed by atoms with E-state index in [0.717, 1.165) is 22.2 Å². The highest BCUT2D eigenvalue weighted by atomic mass is 79.9. The maximum atomic E-state index is 11.9. The number of urea groups is 1. The van der Waals surface area contributed by atoms with Crippen LogP contribution in [0.2, 0.25) is 0 Å². The fraction of sp³-hybridized carbons (Fsp3) is 0.111. The Bertz CT molecular complexity index is 709. The molecule has 2 aromatic carbocycles. The number of benzene rings is 2. The number of allylic oxidation sites excluding steroid dienone is 2. The zero-order chi connectivity index (χ0) is 16.7. The maximum Gasteiger partial charge on any atom is 0.323 e. The van der Waals surface area contributed by atoms with Gasteiger partial charge in [0.25, 0.3) is 0 Å². The van der Waals surface area contributed by atoms with Crippen molar-refractivity contribution in [3.63, 3.8) is 0 Å². The van der Waals surface area contributed by atoms with Crippen LogP contribution in [0.1, 0.15) is 18.9 Å². The molecule has 0 unspecified atom stereocenters. The summed E-state index contributed by atoms with van der Waals surface area (Å²) in [4.78, 5) is 11.9. The first kappa shape index (κ1) is 17.0. The highest BCUT2D eigenvalue weighted by molar-refractivity contribution is 9.12. The zero-order valence-electron chi connectivity index (χ0n) is 12.8. The molecule has 2 rings (SSSR count). The van der Waals surface area contributed by atoms with E-state index < -0.39 is 0 Å². The topological polar surface area (TPSA) is 65.0 Å². The number of amides is 2. The summed E-state index contributed by atoms with van der Waals surface area (Å²) in [5.41, 5.74) is 2.62. The van der Waals surface area contributed by atoms with Crippen molar-refractivity contribution in [1.82, 2.24) is 0 Å². The van der Waals surface area contributed by atoms with E-state index in [4.69, 9.17) is 5.41 Å². The minimum absolute atomic E-state index is 0.300. The molecule has 2 aromatic rings. The molecule has 0 saturated heterocycles. The summed E-state index contributed by atoms with van der Waals surface area (Å²) in [5.74, 6) is 0. The van der Waals surface area contributed by atoms with Crippen molar-refractivity contribution in [1.29, 1.82) is 5.41 Å². The summed E-state index contributed by atoms with van der Waals surface area (Å²) in [5, 5.41) is 13.6. The standard InChI is InChI=1S/C18H18BrN3O/c1-2-6-16(19)17(20)13-9-11-15(12-10-13)22-18(23)21-14-7-4-3-5-8-14/h3-12,20H,2H2,1H3,(H2,21,22,23)/b16-6+,20-17?. The van der Waals surface area contributed by atoms with Crippen LogP contribution in [-0.4, -0.2) is 11.7 Å². The lowest BCUT2D eigenvalue weighted by Crippen LogP contribution is -2.19. The van der Waals surface area contributed by atoms with Gasteiger partial charge in [-0.2, -0.15) is 0 Å². The van der Waals surface area contributed by atoms with Crippen molar-refractivity contribution < 1.29 is 4.79 Å². The Hall–Kier alpha value is -2.40. The Morgan fingerprint density at radius 2 is 1.61 bits per heavy atom.